The number of thiophene rings is 1. The fourth-order valence-electron chi connectivity index (χ4n) is 1.49. The van der Waals surface area contributed by atoms with E-state index in [1.165, 1.54) is 12.1 Å². The molecular weight excluding hydrogens is 323 g/mol. The fraction of sp³-hybridized carbons (Fsp3) is 0. The lowest BCUT2D eigenvalue weighted by Gasteiger charge is -2.05. The topological polar surface area (TPSA) is 127 Å². The summed E-state index contributed by atoms with van der Waals surface area (Å²) in [5.74, 6) is 4.49. The van der Waals surface area contributed by atoms with Gasteiger partial charge in [-0.3, -0.25) is 14.8 Å². The van der Waals surface area contributed by atoms with E-state index >= 15 is 0 Å². The van der Waals surface area contributed by atoms with Crippen LogP contribution in [-0.4, -0.2) is 13.3 Å². The van der Waals surface area contributed by atoms with Gasteiger partial charge in [0.2, 0.25) is 0 Å². The van der Waals surface area contributed by atoms with Crippen molar-refractivity contribution in [3.63, 3.8) is 0 Å². The van der Waals surface area contributed by atoms with Crippen molar-refractivity contribution < 1.29 is 17.7 Å². The largest absolute Gasteiger partial charge is 0.310 e. The number of hydrogen-bond donors (Lipinski definition) is 3. The normalized spacial score (nSPS) is 11.1. The number of nitro groups is 1. The van der Waals surface area contributed by atoms with Crippen LogP contribution in [0.3, 0.4) is 0 Å². The molecule has 112 valence electrons. The Morgan fingerprint density at radius 1 is 1.33 bits per heavy atom. The van der Waals surface area contributed by atoms with Gasteiger partial charge in [-0.25, -0.2) is 18.7 Å². The molecule has 0 amide bonds. The van der Waals surface area contributed by atoms with E-state index in [0.29, 0.717) is 11.3 Å². The zero-order valence-electron chi connectivity index (χ0n) is 10.2. The summed E-state index contributed by atoms with van der Waals surface area (Å²) in [6, 6.07) is 5.70. The quantitative estimate of drug-likeness (QED) is 0.436. The number of hydrogen-bond acceptors (Lipinski definition) is 7. The summed E-state index contributed by atoms with van der Waals surface area (Å²) in [4.78, 5) is 10.0. The van der Waals surface area contributed by atoms with Crippen molar-refractivity contribution in [2.45, 2.75) is 4.21 Å². The molecule has 8 nitrogen and oxygen atoms in total. The van der Waals surface area contributed by atoms with Crippen molar-refractivity contribution in [2.75, 3.05) is 10.1 Å². The monoisotopic (exact) mass is 332 g/mol. The molecule has 0 aliphatic rings. The van der Waals surface area contributed by atoms with Crippen molar-refractivity contribution in [1.29, 1.82) is 0 Å². The summed E-state index contributed by atoms with van der Waals surface area (Å²) >= 11 is 0.596. The van der Waals surface area contributed by atoms with Gasteiger partial charge in [-0.2, -0.15) is 0 Å². The number of sulfonamides is 1. The molecule has 2 rings (SSSR count). The molecule has 2 aromatic rings. The Hall–Kier alpha value is -2.24. The van der Waals surface area contributed by atoms with Gasteiger partial charge in [0, 0.05) is 6.07 Å². The number of benzene rings is 1. The van der Waals surface area contributed by atoms with Crippen molar-refractivity contribution in [3.8, 4) is 0 Å². The molecule has 0 spiro atoms. The van der Waals surface area contributed by atoms with Crippen LogP contribution < -0.4 is 16.0 Å². The third-order valence-corrected chi connectivity index (χ3v) is 5.27. The van der Waals surface area contributed by atoms with Gasteiger partial charge in [0.25, 0.3) is 10.0 Å². The van der Waals surface area contributed by atoms with Crippen molar-refractivity contribution in [1.82, 2.24) is 0 Å². The van der Waals surface area contributed by atoms with Gasteiger partial charge < -0.3 is 5.43 Å². The lowest BCUT2D eigenvalue weighted by Crippen LogP contribution is -2.11. The number of hydrazine groups is 1. The second-order valence-electron chi connectivity index (χ2n) is 3.80. The lowest BCUT2D eigenvalue weighted by atomic mass is 10.3. The highest BCUT2D eigenvalue weighted by Gasteiger charge is 2.26. The molecule has 0 aliphatic carbocycles. The molecule has 21 heavy (non-hydrogen) atoms. The highest BCUT2D eigenvalue weighted by molar-refractivity contribution is 7.94. The van der Waals surface area contributed by atoms with Crippen LogP contribution in [0.5, 0.6) is 0 Å². The fourth-order valence-corrected chi connectivity index (χ4v) is 3.78. The Kier molecular flexibility index (Phi) is 4.06. The molecule has 0 radical (unpaired) electrons. The van der Waals surface area contributed by atoms with Gasteiger partial charge in [0.05, 0.1) is 10.6 Å². The first-order valence-corrected chi connectivity index (χ1v) is 7.66. The summed E-state index contributed by atoms with van der Waals surface area (Å²) in [6.07, 6.45) is 0. The predicted molar refractivity (Wildman–Crippen MR) is 76.0 cm³/mol. The molecule has 0 bridgehead atoms. The van der Waals surface area contributed by atoms with Gasteiger partial charge in [0.15, 0.2) is 5.00 Å². The summed E-state index contributed by atoms with van der Waals surface area (Å²) in [5.41, 5.74) is 1.62. The van der Waals surface area contributed by atoms with Gasteiger partial charge in [0.1, 0.15) is 10.0 Å². The molecule has 1 heterocycles. The zero-order chi connectivity index (χ0) is 15.6. The predicted octanol–water partition coefficient (Wildman–Crippen LogP) is 1.88. The van der Waals surface area contributed by atoms with Crippen LogP contribution in [0.25, 0.3) is 0 Å². The molecule has 1 aromatic carbocycles. The molecule has 0 fully saturated rings. The minimum atomic E-state index is -4.07. The Morgan fingerprint density at radius 2 is 2.05 bits per heavy atom. The van der Waals surface area contributed by atoms with Crippen LogP contribution in [0.4, 0.5) is 20.8 Å². The number of anilines is 2. The van der Waals surface area contributed by atoms with E-state index in [2.05, 4.69) is 10.1 Å². The minimum absolute atomic E-state index is 0.00770. The van der Waals surface area contributed by atoms with Crippen LogP contribution >= 0.6 is 11.3 Å². The highest BCUT2D eigenvalue weighted by Crippen LogP contribution is 2.36. The maximum Gasteiger partial charge on any atom is 0.306 e. The maximum atomic E-state index is 13.0. The molecule has 0 saturated carbocycles. The first kappa shape index (κ1) is 15.2. The average Bonchev–Trinajstić information content (AvgIpc) is 2.83. The second-order valence-corrected chi connectivity index (χ2v) is 6.76. The summed E-state index contributed by atoms with van der Waals surface area (Å²) in [7, 11) is -4.07. The first-order valence-electron chi connectivity index (χ1n) is 5.36. The van der Waals surface area contributed by atoms with E-state index in [1.54, 1.807) is 0 Å². The summed E-state index contributed by atoms with van der Waals surface area (Å²) in [5, 5.41) is 10.7. The van der Waals surface area contributed by atoms with Crippen LogP contribution in [0, 0.1) is 15.9 Å². The Morgan fingerprint density at radius 3 is 2.57 bits per heavy atom. The summed E-state index contributed by atoms with van der Waals surface area (Å²) < 4.78 is 39.0. The molecule has 0 saturated heterocycles. The van der Waals surface area contributed by atoms with Gasteiger partial charge in [-0.15, -0.1) is 0 Å². The molecule has 0 atom stereocenters. The van der Waals surface area contributed by atoms with Crippen LogP contribution in [0.1, 0.15) is 0 Å². The van der Waals surface area contributed by atoms with E-state index in [0.717, 1.165) is 18.2 Å². The number of nitrogen functional groups attached to an aromatic ring is 1. The van der Waals surface area contributed by atoms with E-state index in [1.807, 2.05) is 0 Å². The Bertz CT molecular complexity index is 790. The van der Waals surface area contributed by atoms with E-state index < -0.39 is 26.5 Å². The van der Waals surface area contributed by atoms with Crippen molar-refractivity contribution in [2.24, 2.45) is 5.84 Å². The summed E-state index contributed by atoms with van der Waals surface area (Å²) in [6.45, 7) is 0. The van der Waals surface area contributed by atoms with E-state index in [-0.39, 0.29) is 14.9 Å². The minimum Gasteiger partial charge on any atom is -0.310 e. The molecule has 0 aliphatic heterocycles. The SMILES string of the molecule is NNc1sc(S(=O)(=O)Nc2cccc(F)c2)cc1[N+](=O)[O-]. The number of nitrogens with two attached hydrogens (primary N) is 1. The smallest absolute Gasteiger partial charge is 0.306 e. The zero-order valence-corrected chi connectivity index (χ0v) is 11.9. The van der Waals surface area contributed by atoms with Crippen LogP contribution in [0.15, 0.2) is 34.5 Å². The van der Waals surface area contributed by atoms with Crippen LogP contribution in [0.2, 0.25) is 0 Å². The van der Waals surface area contributed by atoms with Gasteiger partial charge in [-0.1, -0.05) is 17.4 Å². The highest BCUT2D eigenvalue weighted by atomic mass is 32.2. The molecule has 4 N–H and O–H groups in total. The lowest BCUT2D eigenvalue weighted by molar-refractivity contribution is -0.383. The van der Waals surface area contributed by atoms with Crippen molar-refractivity contribution in [3.05, 3.63) is 46.3 Å². The number of rotatable bonds is 5. The van der Waals surface area contributed by atoms with Crippen LogP contribution in [-0.2, 0) is 10.0 Å². The number of nitrogens with one attached hydrogen (secondary N) is 2. The molecule has 11 heteroatoms. The molecule has 0 unspecified atom stereocenters. The van der Waals surface area contributed by atoms with Gasteiger partial charge >= 0.3 is 5.69 Å². The third kappa shape index (κ3) is 3.26. The molecular formula is C10H9FN4O4S2. The maximum absolute atomic E-state index is 13.0. The molecule has 1 aromatic heterocycles. The first-order chi connectivity index (χ1) is 9.83. The standard InChI is InChI=1S/C10H9FN4O4S2/c11-6-2-1-3-7(4-6)14-21(18,19)9-5-8(15(16)17)10(13-12)20-9/h1-5,13-14H,12H2. The Labute approximate surface area is 122 Å². The number of halogens is 1. The van der Waals surface area contributed by atoms with E-state index in [4.69, 9.17) is 5.84 Å². The van der Waals surface area contributed by atoms with Crippen molar-refractivity contribution >= 4 is 37.7 Å². The van der Waals surface area contributed by atoms with Gasteiger partial charge in [-0.05, 0) is 18.2 Å². The number of nitrogens with zero attached hydrogens (tertiary/aromatic N) is 1. The third-order valence-electron chi connectivity index (χ3n) is 2.36. The Balaban J connectivity index is 2.38. The average molecular weight is 332 g/mol. The van der Waals surface area contributed by atoms with E-state index in [9.17, 15) is 22.9 Å². The second kappa shape index (κ2) is 5.63.